The van der Waals surface area contributed by atoms with E-state index in [1.807, 2.05) is 19.1 Å². The number of aryl methyl sites for hydroxylation is 1. The molecule has 0 aliphatic carbocycles. The SMILES string of the molecule is COc1cc(C)cc(CCON)c1. The van der Waals surface area contributed by atoms with Crippen LogP contribution in [-0.4, -0.2) is 13.7 Å². The minimum Gasteiger partial charge on any atom is -0.497 e. The molecule has 0 aliphatic heterocycles. The summed E-state index contributed by atoms with van der Waals surface area (Å²) in [6, 6.07) is 6.08. The van der Waals surface area contributed by atoms with Crippen LogP contribution in [-0.2, 0) is 11.3 Å². The molecule has 3 heteroatoms. The van der Waals surface area contributed by atoms with Gasteiger partial charge in [-0.2, -0.15) is 0 Å². The predicted molar refractivity (Wildman–Crippen MR) is 51.6 cm³/mol. The van der Waals surface area contributed by atoms with Gasteiger partial charge in [0.2, 0.25) is 0 Å². The minimum atomic E-state index is 0.534. The van der Waals surface area contributed by atoms with E-state index in [0.29, 0.717) is 6.61 Å². The van der Waals surface area contributed by atoms with Gasteiger partial charge in [0.25, 0.3) is 0 Å². The largest absolute Gasteiger partial charge is 0.497 e. The third-order valence-corrected chi connectivity index (χ3v) is 1.85. The summed E-state index contributed by atoms with van der Waals surface area (Å²) in [5, 5.41) is 0. The van der Waals surface area contributed by atoms with Gasteiger partial charge in [-0.15, -0.1) is 0 Å². The Morgan fingerprint density at radius 2 is 2.08 bits per heavy atom. The summed E-state index contributed by atoms with van der Waals surface area (Å²) in [5.41, 5.74) is 2.37. The Bertz CT molecular complexity index is 274. The van der Waals surface area contributed by atoms with E-state index in [4.69, 9.17) is 10.6 Å². The lowest BCUT2D eigenvalue weighted by Gasteiger charge is -2.05. The second-order valence-corrected chi connectivity index (χ2v) is 2.98. The molecule has 0 spiro atoms. The van der Waals surface area contributed by atoms with Gasteiger partial charge in [-0.1, -0.05) is 6.07 Å². The van der Waals surface area contributed by atoms with Crippen molar-refractivity contribution in [1.29, 1.82) is 0 Å². The van der Waals surface area contributed by atoms with Crippen molar-refractivity contribution >= 4 is 0 Å². The molecule has 13 heavy (non-hydrogen) atoms. The quantitative estimate of drug-likeness (QED) is 0.715. The van der Waals surface area contributed by atoms with Crippen molar-refractivity contribution in [3.05, 3.63) is 29.3 Å². The summed E-state index contributed by atoms with van der Waals surface area (Å²) in [6.07, 6.45) is 0.814. The van der Waals surface area contributed by atoms with Gasteiger partial charge < -0.3 is 9.57 Å². The molecule has 0 aromatic heterocycles. The van der Waals surface area contributed by atoms with Crippen LogP contribution in [0.1, 0.15) is 11.1 Å². The van der Waals surface area contributed by atoms with Crippen molar-refractivity contribution in [2.75, 3.05) is 13.7 Å². The highest BCUT2D eigenvalue weighted by molar-refractivity contribution is 5.33. The molecule has 0 heterocycles. The highest BCUT2D eigenvalue weighted by Crippen LogP contribution is 2.16. The van der Waals surface area contributed by atoms with E-state index in [1.54, 1.807) is 7.11 Å². The molecule has 1 aromatic rings. The normalized spacial score (nSPS) is 10.1. The van der Waals surface area contributed by atoms with E-state index >= 15 is 0 Å². The minimum absolute atomic E-state index is 0.534. The van der Waals surface area contributed by atoms with Gasteiger partial charge in [0.15, 0.2) is 0 Å². The lowest BCUT2D eigenvalue weighted by molar-refractivity contribution is 0.141. The molecule has 0 aliphatic rings. The maximum atomic E-state index is 5.14. The smallest absolute Gasteiger partial charge is 0.119 e. The number of hydrogen-bond donors (Lipinski definition) is 1. The van der Waals surface area contributed by atoms with Crippen LogP contribution in [0.15, 0.2) is 18.2 Å². The van der Waals surface area contributed by atoms with E-state index in [-0.39, 0.29) is 0 Å². The summed E-state index contributed by atoms with van der Waals surface area (Å²) in [4.78, 5) is 4.52. The van der Waals surface area contributed by atoms with Gasteiger partial charge in [0.1, 0.15) is 5.75 Å². The molecular weight excluding hydrogens is 166 g/mol. The Labute approximate surface area is 78.4 Å². The number of nitrogens with two attached hydrogens (primary N) is 1. The number of ether oxygens (including phenoxy) is 1. The fraction of sp³-hybridized carbons (Fsp3) is 0.400. The molecule has 1 rings (SSSR count). The van der Waals surface area contributed by atoms with Crippen LogP contribution in [0.25, 0.3) is 0 Å². The van der Waals surface area contributed by atoms with Gasteiger partial charge in [-0.05, 0) is 36.6 Å². The number of methoxy groups -OCH3 is 1. The van der Waals surface area contributed by atoms with Gasteiger partial charge >= 0.3 is 0 Å². The molecule has 2 N–H and O–H groups in total. The molecule has 3 nitrogen and oxygen atoms in total. The predicted octanol–water partition coefficient (Wildman–Crippen LogP) is 1.44. The van der Waals surface area contributed by atoms with Crippen LogP contribution in [0, 0.1) is 6.92 Å². The number of benzene rings is 1. The van der Waals surface area contributed by atoms with Crippen LogP contribution >= 0.6 is 0 Å². The molecule has 1 aromatic carbocycles. The topological polar surface area (TPSA) is 44.5 Å². The number of rotatable bonds is 4. The van der Waals surface area contributed by atoms with Crippen molar-refractivity contribution in [2.24, 2.45) is 5.90 Å². The van der Waals surface area contributed by atoms with Gasteiger partial charge in [-0.25, -0.2) is 5.90 Å². The van der Waals surface area contributed by atoms with Crippen LogP contribution in [0.5, 0.6) is 5.75 Å². The van der Waals surface area contributed by atoms with Crippen molar-refractivity contribution < 1.29 is 9.57 Å². The Kier molecular flexibility index (Phi) is 3.73. The monoisotopic (exact) mass is 181 g/mol. The lowest BCUT2D eigenvalue weighted by atomic mass is 10.1. The standard InChI is InChI=1S/C10H15NO2/c1-8-5-9(3-4-13-11)7-10(6-8)12-2/h5-7H,3-4,11H2,1-2H3. The molecule has 0 fully saturated rings. The van der Waals surface area contributed by atoms with Crippen molar-refractivity contribution in [1.82, 2.24) is 0 Å². The Morgan fingerprint density at radius 3 is 2.69 bits per heavy atom. The average Bonchev–Trinajstić information content (AvgIpc) is 2.14. The maximum absolute atomic E-state index is 5.14. The molecule has 0 radical (unpaired) electrons. The number of hydrogen-bond acceptors (Lipinski definition) is 3. The zero-order valence-corrected chi connectivity index (χ0v) is 8.04. The first-order valence-electron chi connectivity index (χ1n) is 4.22. The highest BCUT2D eigenvalue weighted by Gasteiger charge is 1.98. The molecular formula is C10H15NO2. The average molecular weight is 181 g/mol. The Hall–Kier alpha value is -1.06. The van der Waals surface area contributed by atoms with Gasteiger partial charge in [-0.3, -0.25) is 0 Å². The molecule has 0 amide bonds. The van der Waals surface area contributed by atoms with Gasteiger partial charge in [0.05, 0.1) is 13.7 Å². The Balaban J connectivity index is 2.76. The summed E-state index contributed by atoms with van der Waals surface area (Å²) < 4.78 is 5.14. The van der Waals surface area contributed by atoms with E-state index in [0.717, 1.165) is 12.2 Å². The maximum Gasteiger partial charge on any atom is 0.119 e. The third-order valence-electron chi connectivity index (χ3n) is 1.85. The van der Waals surface area contributed by atoms with E-state index in [2.05, 4.69) is 10.9 Å². The zero-order chi connectivity index (χ0) is 9.68. The molecule has 0 saturated heterocycles. The molecule has 72 valence electrons. The van der Waals surface area contributed by atoms with E-state index in [1.165, 1.54) is 11.1 Å². The summed E-state index contributed by atoms with van der Waals surface area (Å²) in [6.45, 7) is 2.57. The lowest BCUT2D eigenvalue weighted by Crippen LogP contribution is -2.03. The molecule has 0 unspecified atom stereocenters. The van der Waals surface area contributed by atoms with Crippen molar-refractivity contribution in [3.8, 4) is 5.75 Å². The van der Waals surface area contributed by atoms with Crippen molar-refractivity contribution in [2.45, 2.75) is 13.3 Å². The van der Waals surface area contributed by atoms with Crippen LogP contribution in [0.3, 0.4) is 0 Å². The summed E-state index contributed by atoms with van der Waals surface area (Å²) >= 11 is 0. The van der Waals surface area contributed by atoms with E-state index in [9.17, 15) is 0 Å². The second kappa shape index (κ2) is 4.84. The molecule has 0 bridgehead atoms. The fourth-order valence-corrected chi connectivity index (χ4v) is 1.26. The fourth-order valence-electron chi connectivity index (χ4n) is 1.26. The first-order chi connectivity index (χ1) is 6.26. The Morgan fingerprint density at radius 1 is 1.31 bits per heavy atom. The first-order valence-corrected chi connectivity index (χ1v) is 4.22. The second-order valence-electron chi connectivity index (χ2n) is 2.98. The van der Waals surface area contributed by atoms with Crippen LogP contribution in [0.2, 0.25) is 0 Å². The first kappa shape index (κ1) is 10.0. The van der Waals surface area contributed by atoms with Gasteiger partial charge in [0, 0.05) is 0 Å². The van der Waals surface area contributed by atoms with Crippen LogP contribution < -0.4 is 10.6 Å². The summed E-state index contributed by atoms with van der Waals surface area (Å²) in [7, 11) is 1.66. The third kappa shape index (κ3) is 3.05. The highest BCUT2D eigenvalue weighted by atomic mass is 16.6. The summed E-state index contributed by atoms with van der Waals surface area (Å²) in [5.74, 6) is 5.84. The van der Waals surface area contributed by atoms with Crippen molar-refractivity contribution in [3.63, 3.8) is 0 Å². The molecule has 0 atom stereocenters. The zero-order valence-electron chi connectivity index (χ0n) is 8.04. The molecule has 0 saturated carbocycles. The van der Waals surface area contributed by atoms with Crippen LogP contribution in [0.4, 0.5) is 0 Å². The van der Waals surface area contributed by atoms with E-state index < -0.39 is 0 Å².